The first-order valence-electron chi connectivity index (χ1n) is 8.29. The topological polar surface area (TPSA) is 32.3 Å². The zero-order chi connectivity index (χ0) is 14.8. The molecule has 1 amide bonds. The summed E-state index contributed by atoms with van der Waals surface area (Å²) >= 11 is 1.74. The van der Waals surface area contributed by atoms with Crippen LogP contribution < -0.4 is 5.32 Å². The molecule has 1 saturated heterocycles. The minimum atomic E-state index is -0.000357. The number of thiophene rings is 1. The van der Waals surface area contributed by atoms with E-state index in [4.69, 9.17) is 0 Å². The fraction of sp³-hybridized carbons (Fsp3) is 0.706. The predicted octanol–water partition coefficient (Wildman–Crippen LogP) is 3.78. The monoisotopic (exact) mass is 306 g/mol. The summed E-state index contributed by atoms with van der Waals surface area (Å²) in [5.41, 5.74) is 0. The van der Waals surface area contributed by atoms with Gasteiger partial charge in [-0.1, -0.05) is 32.8 Å². The molecule has 3 nitrogen and oxygen atoms in total. The summed E-state index contributed by atoms with van der Waals surface area (Å²) in [5.74, 6) is 1.85. The Labute approximate surface area is 131 Å². The average Bonchev–Trinajstić information content (AvgIpc) is 3.11. The van der Waals surface area contributed by atoms with Crippen LogP contribution in [0.2, 0.25) is 0 Å². The van der Waals surface area contributed by atoms with E-state index in [1.807, 2.05) is 0 Å². The van der Waals surface area contributed by atoms with Crippen LogP contribution in [-0.4, -0.2) is 23.4 Å². The van der Waals surface area contributed by atoms with E-state index >= 15 is 0 Å². The van der Waals surface area contributed by atoms with Crippen molar-refractivity contribution < 1.29 is 4.79 Å². The molecule has 2 fully saturated rings. The Morgan fingerprint density at radius 2 is 2.10 bits per heavy atom. The number of nitrogens with one attached hydrogen (secondary N) is 1. The molecule has 0 aromatic carbocycles. The van der Waals surface area contributed by atoms with Crippen molar-refractivity contribution in [1.29, 1.82) is 0 Å². The second-order valence-corrected chi connectivity index (χ2v) is 7.64. The van der Waals surface area contributed by atoms with Gasteiger partial charge >= 0.3 is 0 Å². The Balaban J connectivity index is 1.72. The van der Waals surface area contributed by atoms with E-state index in [0.717, 1.165) is 18.9 Å². The molecule has 2 aliphatic rings. The predicted molar refractivity (Wildman–Crippen MR) is 87.1 cm³/mol. The van der Waals surface area contributed by atoms with Crippen molar-refractivity contribution in [1.82, 2.24) is 10.2 Å². The van der Waals surface area contributed by atoms with Crippen LogP contribution in [0.25, 0.3) is 0 Å². The number of nitrogens with zero attached hydrogens (tertiary/aromatic N) is 1. The van der Waals surface area contributed by atoms with Crippen LogP contribution in [0, 0.1) is 11.8 Å². The van der Waals surface area contributed by atoms with Gasteiger partial charge in [0.2, 0.25) is 5.91 Å². The number of amides is 1. The number of hydrogen-bond acceptors (Lipinski definition) is 3. The lowest BCUT2D eigenvalue weighted by Gasteiger charge is -2.32. The summed E-state index contributed by atoms with van der Waals surface area (Å²) in [6.45, 7) is 5.37. The number of carbonyl (C=O) groups excluding carboxylic acids is 1. The molecule has 21 heavy (non-hydrogen) atoms. The molecule has 1 aliphatic heterocycles. The van der Waals surface area contributed by atoms with E-state index in [9.17, 15) is 4.79 Å². The molecule has 1 aromatic rings. The summed E-state index contributed by atoms with van der Waals surface area (Å²) in [5, 5.41) is 5.63. The first-order chi connectivity index (χ1) is 10.2. The third-order valence-electron chi connectivity index (χ3n) is 5.06. The zero-order valence-electron chi connectivity index (χ0n) is 13.0. The smallest absolute Gasteiger partial charge is 0.241 e. The largest absolute Gasteiger partial charge is 0.320 e. The number of hydrogen-bond donors (Lipinski definition) is 1. The quantitative estimate of drug-likeness (QED) is 0.918. The van der Waals surface area contributed by atoms with Crippen molar-refractivity contribution in [3.8, 4) is 0 Å². The zero-order valence-corrected chi connectivity index (χ0v) is 13.9. The highest BCUT2D eigenvalue weighted by molar-refractivity contribution is 7.10. The second kappa shape index (κ2) is 6.49. The Hall–Kier alpha value is -0.870. The van der Waals surface area contributed by atoms with Crippen LogP contribution in [0.5, 0.6) is 0 Å². The van der Waals surface area contributed by atoms with E-state index < -0.39 is 0 Å². The maximum absolute atomic E-state index is 12.6. The van der Waals surface area contributed by atoms with E-state index in [-0.39, 0.29) is 12.2 Å². The highest BCUT2D eigenvalue weighted by atomic mass is 32.1. The lowest BCUT2D eigenvalue weighted by atomic mass is 9.83. The van der Waals surface area contributed by atoms with Gasteiger partial charge in [-0.15, -0.1) is 11.3 Å². The van der Waals surface area contributed by atoms with Crippen molar-refractivity contribution in [2.24, 2.45) is 11.8 Å². The summed E-state index contributed by atoms with van der Waals surface area (Å²) in [6, 6.07) is 4.22. The molecule has 1 aromatic heterocycles. The maximum atomic E-state index is 12.6. The van der Waals surface area contributed by atoms with Gasteiger partial charge in [-0.25, -0.2) is 0 Å². The van der Waals surface area contributed by atoms with Crippen LogP contribution in [0.15, 0.2) is 17.5 Å². The van der Waals surface area contributed by atoms with Gasteiger partial charge in [0.25, 0.3) is 0 Å². The summed E-state index contributed by atoms with van der Waals surface area (Å²) in [7, 11) is 0. The minimum absolute atomic E-state index is 0.000357. The Bertz CT molecular complexity index is 465. The first kappa shape index (κ1) is 15.0. The Morgan fingerprint density at radius 3 is 2.71 bits per heavy atom. The van der Waals surface area contributed by atoms with Crippen molar-refractivity contribution in [2.45, 2.75) is 58.2 Å². The van der Waals surface area contributed by atoms with Gasteiger partial charge in [0.15, 0.2) is 0 Å². The molecule has 1 aliphatic carbocycles. The second-order valence-electron chi connectivity index (χ2n) is 6.66. The molecule has 2 heterocycles. The SMILES string of the molecule is CCC1NC(c2cccs2)N(CC2CCC(C)CC2)C1=O. The molecule has 116 valence electrons. The van der Waals surface area contributed by atoms with Crippen LogP contribution in [0.3, 0.4) is 0 Å². The minimum Gasteiger partial charge on any atom is -0.320 e. The molecule has 2 atom stereocenters. The third-order valence-corrected chi connectivity index (χ3v) is 5.99. The molecule has 0 bridgehead atoms. The normalized spacial score (nSPS) is 33.6. The average molecular weight is 306 g/mol. The van der Waals surface area contributed by atoms with E-state index in [0.29, 0.717) is 11.8 Å². The van der Waals surface area contributed by atoms with Gasteiger partial charge in [0.05, 0.1) is 6.04 Å². The van der Waals surface area contributed by atoms with Gasteiger partial charge < -0.3 is 4.90 Å². The molecule has 2 unspecified atom stereocenters. The van der Waals surface area contributed by atoms with Crippen molar-refractivity contribution >= 4 is 17.2 Å². The number of carbonyl (C=O) groups is 1. The summed E-state index contributed by atoms with van der Waals surface area (Å²) in [6.07, 6.45) is 6.17. The molecule has 4 heteroatoms. The molecule has 1 saturated carbocycles. The van der Waals surface area contributed by atoms with Gasteiger partial charge in [0.1, 0.15) is 6.17 Å². The Kier molecular flexibility index (Phi) is 4.65. The van der Waals surface area contributed by atoms with Crippen molar-refractivity contribution in [3.63, 3.8) is 0 Å². The molecule has 0 radical (unpaired) electrons. The molecule has 3 rings (SSSR count). The van der Waals surface area contributed by atoms with Crippen LogP contribution in [0.4, 0.5) is 0 Å². The van der Waals surface area contributed by atoms with E-state index in [1.54, 1.807) is 11.3 Å². The maximum Gasteiger partial charge on any atom is 0.241 e. The lowest BCUT2D eigenvalue weighted by molar-refractivity contribution is -0.130. The molecule has 1 N–H and O–H groups in total. The van der Waals surface area contributed by atoms with Crippen LogP contribution in [-0.2, 0) is 4.79 Å². The van der Waals surface area contributed by atoms with Gasteiger partial charge in [-0.05, 0) is 42.5 Å². The molecule has 0 spiro atoms. The summed E-state index contributed by atoms with van der Waals surface area (Å²) in [4.78, 5) is 16.0. The van der Waals surface area contributed by atoms with Gasteiger partial charge in [0, 0.05) is 11.4 Å². The summed E-state index contributed by atoms with van der Waals surface area (Å²) < 4.78 is 0. The highest BCUT2D eigenvalue weighted by Gasteiger charge is 2.40. The van der Waals surface area contributed by atoms with E-state index in [1.165, 1.54) is 30.6 Å². The molecular formula is C17H26N2OS. The lowest BCUT2D eigenvalue weighted by Crippen LogP contribution is -2.36. The number of rotatable bonds is 4. The first-order valence-corrected chi connectivity index (χ1v) is 9.17. The Morgan fingerprint density at radius 1 is 1.33 bits per heavy atom. The fourth-order valence-electron chi connectivity index (χ4n) is 3.64. The molecular weight excluding hydrogens is 280 g/mol. The van der Waals surface area contributed by atoms with Crippen molar-refractivity contribution in [2.75, 3.05) is 6.54 Å². The standard InChI is InChI=1S/C17H26N2OS/c1-3-14-17(20)19(11-13-8-6-12(2)7-9-13)16(18-14)15-5-4-10-21-15/h4-5,10,12-14,16,18H,3,6-9,11H2,1-2H3. The van der Waals surface area contributed by atoms with Crippen LogP contribution in [0.1, 0.15) is 57.0 Å². The van der Waals surface area contributed by atoms with E-state index in [2.05, 4.69) is 41.6 Å². The fourth-order valence-corrected chi connectivity index (χ4v) is 4.44. The highest BCUT2D eigenvalue weighted by Crippen LogP contribution is 2.34. The van der Waals surface area contributed by atoms with Crippen molar-refractivity contribution in [3.05, 3.63) is 22.4 Å². The van der Waals surface area contributed by atoms with Gasteiger partial charge in [-0.2, -0.15) is 0 Å². The third kappa shape index (κ3) is 3.16. The van der Waals surface area contributed by atoms with Crippen LogP contribution >= 0.6 is 11.3 Å². The van der Waals surface area contributed by atoms with Gasteiger partial charge in [-0.3, -0.25) is 10.1 Å².